The molecule has 0 spiro atoms. The maximum Gasteiger partial charge on any atom is 0.417 e. The van der Waals surface area contributed by atoms with Crippen LogP contribution < -0.4 is 4.90 Å². The molecule has 10 heteroatoms. The molecular formula is C19H17Cl3F3N3O. The smallest absolute Gasteiger partial charge is 0.352 e. The van der Waals surface area contributed by atoms with E-state index in [0.29, 0.717) is 49.1 Å². The Morgan fingerprint density at radius 1 is 1.07 bits per heavy atom. The number of rotatable bonds is 4. The first-order chi connectivity index (χ1) is 13.7. The first kappa shape index (κ1) is 22.0. The number of aromatic nitrogens is 1. The van der Waals surface area contributed by atoms with E-state index in [-0.39, 0.29) is 16.7 Å². The van der Waals surface area contributed by atoms with Gasteiger partial charge in [-0.3, -0.25) is 4.79 Å². The Balaban J connectivity index is 1.56. The van der Waals surface area contributed by atoms with Crippen LogP contribution >= 0.6 is 34.8 Å². The molecule has 1 aliphatic rings. The molecule has 0 atom stereocenters. The van der Waals surface area contributed by atoms with E-state index in [9.17, 15) is 18.0 Å². The highest BCUT2D eigenvalue weighted by Gasteiger charge is 2.32. The maximum atomic E-state index is 12.8. The van der Waals surface area contributed by atoms with Gasteiger partial charge >= 0.3 is 6.18 Å². The van der Waals surface area contributed by atoms with Gasteiger partial charge in [-0.25, -0.2) is 4.98 Å². The molecule has 1 aromatic carbocycles. The predicted octanol–water partition coefficient (Wildman–Crippen LogP) is 5.34. The minimum absolute atomic E-state index is 0.0211. The topological polar surface area (TPSA) is 36.4 Å². The van der Waals surface area contributed by atoms with Gasteiger partial charge < -0.3 is 9.80 Å². The highest BCUT2D eigenvalue weighted by molar-refractivity contribution is 6.42. The van der Waals surface area contributed by atoms with Gasteiger partial charge in [0, 0.05) is 38.8 Å². The highest BCUT2D eigenvalue weighted by Crippen LogP contribution is 2.34. The van der Waals surface area contributed by atoms with Gasteiger partial charge in [0.1, 0.15) is 5.82 Å². The van der Waals surface area contributed by atoms with E-state index in [2.05, 4.69) is 4.98 Å². The Morgan fingerprint density at radius 3 is 2.38 bits per heavy atom. The zero-order valence-corrected chi connectivity index (χ0v) is 17.4. The second-order valence-electron chi connectivity index (χ2n) is 6.61. The monoisotopic (exact) mass is 465 g/mol. The summed E-state index contributed by atoms with van der Waals surface area (Å²) in [4.78, 5) is 19.9. The molecule has 1 amide bonds. The summed E-state index contributed by atoms with van der Waals surface area (Å²) in [6.45, 7) is 1.73. The summed E-state index contributed by atoms with van der Waals surface area (Å²) in [5.74, 6) is 0.268. The van der Waals surface area contributed by atoms with Crippen molar-refractivity contribution >= 4 is 46.5 Å². The number of carbonyl (C=O) groups is 1. The highest BCUT2D eigenvalue weighted by atomic mass is 35.5. The minimum Gasteiger partial charge on any atom is -0.352 e. The van der Waals surface area contributed by atoms with Gasteiger partial charge in [0.2, 0.25) is 5.91 Å². The number of carbonyl (C=O) groups excluding carboxylic acids is 1. The zero-order chi connectivity index (χ0) is 21.2. The van der Waals surface area contributed by atoms with Crippen molar-refractivity contribution in [3.63, 3.8) is 0 Å². The third-order valence-corrected chi connectivity index (χ3v) is 5.86. The van der Waals surface area contributed by atoms with Crippen molar-refractivity contribution in [3.8, 4) is 0 Å². The summed E-state index contributed by atoms with van der Waals surface area (Å²) < 4.78 is 38.3. The fraction of sp³-hybridized carbons (Fsp3) is 0.368. The van der Waals surface area contributed by atoms with Crippen molar-refractivity contribution in [3.05, 3.63) is 56.7 Å². The van der Waals surface area contributed by atoms with Crippen molar-refractivity contribution in [2.24, 2.45) is 0 Å². The van der Waals surface area contributed by atoms with Crippen LogP contribution in [-0.2, 0) is 17.4 Å². The van der Waals surface area contributed by atoms with Crippen LogP contribution in [0.25, 0.3) is 0 Å². The van der Waals surface area contributed by atoms with E-state index in [1.54, 1.807) is 21.9 Å². The van der Waals surface area contributed by atoms with Crippen LogP contribution in [0.3, 0.4) is 0 Å². The molecule has 0 unspecified atom stereocenters. The molecular weight excluding hydrogens is 450 g/mol. The Labute approximate surface area is 181 Å². The quantitative estimate of drug-likeness (QED) is 0.610. The Hall–Kier alpha value is -1.70. The Kier molecular flexibility index (Phi) is 6.81. The van der Waals surface area contributed by atoms with Gasteiger partial charge in [0.15, 0.2) is 0 Å². The van der Waals surface area contributed by atoms with E-state index >= 15 is 0 Å². The fourth-order valence-electron chi connectivity index (χ4n) is 3.13. The third-order valence-electron chi connectivity index (χ3n) is 4.72. The van der Waals surface area contributed by atoms with Crippen LogP contribution in [0.2, 0.25) is 15.1 Å². The second-order valence-corrected chi connectivity index (χ2v) is 7.80. The number of benzene rings is 1. The molecule has 0 aliphatic carbocycles. The number of nitrogens with zero attached hydrogens (tertiary/aromatic N) is 3. The number of alkyl halides is 3. The lowest BCUT2D eigenvalue weighted by atomic mass is 10.1. The zero-order valence-electron chi connectivity index (χ0n) is 15.1. The number of aryl methyl sites for hydroxylation is 1. The molecule has 0 bridgehead atoms. The SMILES string of the molecule is O=C(CCc1cccc(Cl)c1Cl)N1CCN(c2ncc(C(F)(F)F)cc2Cl)CC1. The number of anilines is 1. The van der Waals surface area contributed by atoms with Crippen molar-refractivity contribution in [2.45, 2.75) is 19.0 Å². The van der Waals surface area contributed by atoms with Gasteiger partial charge in [-0.15, -0.1) is 0 Å². The van der Waals surface area contributed by atoms with E-state index in [1.165, 1.54) is 0 Å². The molecule has 1 saturated heterocycles. The summed E-state index contributed by atoms with van der Waals surface area (Å²) in [5.41, 5.74) is -0.0772. The van der Waals surface area contributed by atoms with Gasteiger partial charge in [0.05, 0.1) is 20.6 Å². The number of halogens is 6. The standard InChI is InChI=1S/C19H17Cl3F3N3O/c20-14-3-1-2-12(17(14)22)4-5-16(29)27-6-8-28(9-7-27)18-15(21)10-13(11-26-18)19(23,24)25/h1-3,10-11H,4-9H2. The maximum absolute atomic E-state index is 12.8. The van der Waals surface area contributed by atoms with Crippen LogP contribution in [0, 0.1) is 0 Å². The molecule has 1 aliphatic heterocycles. The molecule has 29 heavy (non-hydrogen) atoms. The third kappa shape index (κ3) is 5.27. The molecule has 1 aromatic heterocycles. The summed E-state index contributed by atoms with van der Waals surface area (Å²) in [6.07, 6.45) is -2.95. The number of piperazine rings is 1. The molecule has 0 radical (unpaired) electrons. The number of pyridine rings is 1. The minimum atomic E-state index is -4.49. The average Bonchev–Trinajstić information content (AvgIpc) is 2.68. The lowest BCUT2D eigenvalue weighted by Crippen LogP contribution is -2.49. The summed E-state index contributed by atoms with van der Waals surface area (Å²) in [7, 11) is 0. The van der Waals surface area contributed by atoms with Gasteiger partial charge in [-0.05, 0) is 24.1 Å². The lowest BCUT2D eigenvalue weighted by Gasteiger charge is -2.36. The van der Waals surface area contributed by atoms with Gasteiger partial charge in [-0.1, -0.05) is 46.9 Å². The molecule has 1 fully saturated rings. The van der Waals surface area contributed by atoms with Crippen molar-refractivity contribution in [2.75, 3.05) is 31.1 Å². The van der Waals surface area contributed by atoms with Crippen molar-refractivity contribution in [1.29, 1.82) is 0 Å². The average molecular weight is 467 g/mol. The lowest BCUT2D eigenvalue weighted by molar-refractivity contribution is -0.137. The summed E-state index contributed by atoms with van der Waals surface area (Å²) >= 11 is 18.1. The van der Waals surface area contributed by atoms with Crippen LogP contribution in [0.1, 0.15) is 17.5 Å². The van der Waals surface area contributed by atoms with E-state index < -0.39 is 11.7 Å². The van der Waals surface area contributed by atoms with Crippen LogP contribution in [-0.4, -0.2) is 42.0 Å². The second kappa shape index (κ2) is 8.98. The molecule has 2 aromatic rings. The first-order valence-corrected chi connectivity index (χ1v) is 9.98. The Bertz CT molecular complexity index is 900. The molecule has 0 N–H and O–H groups in total. The predicted molar refractivity (Wildman–Crippen MR) is 108 cm³/mol. The molecule has 2 heterocycles. The first-order valence-electron chi connectivity index (χ1n) is 8.85. The Morgan fingerprint density at radius 2 is 1.76 bits per heavy atom. The van der Waals surface area contributed by atoms with E-state index in [4.69, 9.17) is 34.8 Å². The van der Waals surface area contributed by atoms with Crippen molar-refractivity contribution < 1.29 is 18.0 Å². The normalized spacial score (nSPS) is 15.0. The van der Waals surface area contributed by atoms with Crippen molar-refractivity contribution in [1.82, 2.24) is 9.88 Å². The van der Waals surface area contributed by atoms with E-state index in [1.807, 2.05) is 6.07 Å². The van der Waals surface area contributed by atoms with Gasteiger partial charge in [-0.2, -0.15) is 13.2 Å². The van der Waals surface area contributed by atoms with Gasteiger partial charge in [0.25, 0.3) is 0 Å². The molecule has 4 nitrogen and oxygen atoms in total. The molecule has 156 valence electrons. The largest absolute Gasteiger partial charge is 0.417 e. The van der Waals surface area contributed by atoms with Crippen LogP contribution in [0.4, 0.5) is 19.0 Å². The van der Waals surface area contributed by atoms with Crippen LogP contribution in [0.5, 0.6) is 0 Å². The molecule has 3 rings (SSSR count). The number of amides is 1. The van der Waals surface area contributed by atoms with E-state index in [0.717, 1.165) is 17.8 Å². The fourth-order valence-corrected chi connectivity index (χ4v) is 3.83. The molecule has 0 saturated carbocycles. The number of hydrogen-bond acceptors (Lipinski definition) is 3. The summed E-state index contributed by atoms with van der Waals surface area (Å²) in [5, 5.41) is 0.844. The summed E-state index contributed by atoms with van der Waals surface area (Å²) in [6, 6.07) is 6.18. The number of hydrogen-bond donors (Lipinski definition) is 0. The van der Waals surface area contributed by atoms with Crippen LogP contribution in [0.15, 0.2) is 30.5 Å².